The van der Waals surface area contributed by atoms with Crippen molar-refractivity contribution in [3.05, 3.63) is 113 Å². The Morgan fingerprint density at radius 3 is 2.02 bits per heavy atom. The third-order valence-corrected chi connectivity index (χ3v) is 7.91. The molecular weight excluding hydrogens is 574 g/mol. The second-order valence-corrected chi connectivity index (χ2v) is 10.2. The molecule has 0 radical (unpaired) electrons. The summed E-state index contributed by atoms with van der Waals surface area (Å²) in [5.74, 6) is -6.81. The van der Waals surface area contributed by atoms with Gasteiger partial charge in [0.15, 0.2) is 23.3 Å². The highest BCUT2D eigenvalue weighted by Gasteiger charge is 2.26. The molecule has 204 valence electrons. The Bertz CT molecular complexity index is 2340. The molecule has 0 atom stereocenters. The van der Waals surface area contributed by atoms with Crippen LogP contribution in [-0.4, -0.2) is 13.7 Å². The van der Waals surface area contributed by atoms with Crippen LogP contribution in [0.4, 0.5) is 17.6 Å². The van der Waals surface area contributed by atoms with Crippen LogP contribution in [0, 0.1) is 45.9 Å². The molecule has 5 nitrogen and oxygen atoms in total. The summed E-state index contributed by atoms with van der Waals surface area (Å²) in [5, 5.41) is 20.9. The van der Waals surface area contributed by atoms with Crippen LogP contribution in [0.15, 0.2) is 78.9 Å². The first-order valence-corrected chi connectivity index (χ1v) is 13.5. The first kappa shape index (κ1) is 26.2. The Kier molecular flexibility index (Phi) is 6.08. The van der Waals surface area contributed by atoms with E-state index in [1.165, 1.54) is 12.1 Å². The molecule has 2 heterocycles. The molecule has 0 unspecified atom stereocenters. The number of fused-ring (bicyclic) bond motifs is 5. The predicted octanol–water partition coefficient (Wildman–Crippen LogP) is 8.69. The molecule has 0 saturated heterocycles. The molecule has 0 amide bonds. The largest absolute Gasteiger partial charge is 0.247 e. The molecule has 0 aliphatic rings. The monoisotopic (exact) mass is 587 g/mol. The van der Waals surface area contributed by atoms with Crippen molar-refractivity contribution in [2.45, 2.75) is 0 Å². The number of hydrogen-bond donors (Lipinski definition) is 0. The molecule has 0 saturated carbocycles. The standard InChI is InChI=1S/C33H13F4N5S/c34-28-23(15-39)29(35)31(37)26(30(28)36)16-5-7-17(8-6-16)32-22-11-12-24-33(42-43-41-24)27(22)21-10-9-18(13-25(21)40-32)20-4-2-1-3-19(20)14-38/h1-13H. The number of aromatic nitrogens is 3. The Morgan fingerprint density at radius 1 is 0.628 bits per heavy atom. The van der Waals surface area contributed by atoms with Gasteiger partial charge in [-0.2, -0.15) is 19.3 Å². The second-order valence-electron chi connectivity index (χ2n) is 9.66. The van der Waals surface area contributed by atoms with Crippen molar-refractivity contribution in [3.63, 3.8) is 0 Å². The molecule has 43 heavy (non-hydrogen) atoms. The van der Waals surface area contributed by atoms with Gasteiger partial charge in [-0.15, -0.1) is 0 Å². The van der Waals surface area contributed by atoms with Crippen molar-refractivity contribution < 1.29 is 17.6 Å². The Balaban J connectivity index is 1.46. The fourth-order valence-electron chi connectivity index (χ4n) is 5.34. The summed E-state index contributed by atoms with van der Waals surface area (Å²) in [6, 6.07) is 25.8. The van der Waals surface area contributed by atoms with Gasteiger partial charge in [-0.3, -0.25) is 0 Å². The lowest BCUT2D eigenvalue weighted by atomic mass is 9.94. The third-order valence-electron chi connectivity index (χ3n) is 7.36. The zero-order chi connectivity index (χ0) is 29.8. The van der Waals surface area contributed by atoms with E-state index in [4.69, 9.17) is 10.2 Å². The lowest BCUT2D eigenvalue weighted by Gasteiger charge is -2.13. The molecule has 0 N–H and O–H groups in total. The molecule has 7 aromatic rings. The molecule has 0 aliphatic carbocycles. The van der Waals surface area contributed by atoms with Crippen molar-refractivity contribution in [2.24, 2.45) is 0 Å². The van der Waals surface area contributed by atoms with Crippen LogP contribution >= 0.6 is 11.7 Å². The summed E-state index contributed by atoms with van der Waals surface area (Å²) < 4.78 is 67.0. The van der Waals surface area contributed by atoms with Crippen molar-refractivity contribution in [1.29, 1.82) is 10.5 Å². The van der Waals surface area contributed by atoms with Gasteiger partial charge in [-0.05, 0) is 41.0 Å². The maximum Gasteiger partial charge on any atom is 0.180 e. The van der Waals surface area contributed by atoms with E-state index in [1.807, 2.05) is 42.5 Å². The maximum atomic E-state index is 14.8. The average molecular weight is 588 g/mol. The summed E-state index contributed by atoms with van der Waals surface area (Å²) in [7, 11) is 0. The van der Waals surface area contributed by atoms with Crippen molar-refractivity contribution >= 4 is 44.4 Å². The highest BCUT2D eigenvalue weighted by Crippen LogP contribution is 2.39. The van der Waals surface area contributed by atoms with Gasteiger partial charge < -0.3 is 0 Å². The molecule has 0 bridgehead atoms. The van der Waals surface area contributed by atoms with Crippen LogP contribution in [0.2, 0.25) is 0 Å². The van der Waals surface area contributed by atoms with Gasteiger partial charge in [0, 0.05) is 21.7 Å². The number of benzene rings is 5. The van der Waals surface area contributed by atoms with Crippen molar-refractivity contribution in [2.75, 3.05) is 0 Å². The first-order chi connectivity index (χ1) is 20.9. The Labute approximate surface area is 244 Å². The molecule has 0 spiro atoms. The molecule has 0 fully saturated rings. The van der Waals surface area contributed by atoms with Gasteiger partial charge in [0.1, 0.15) is 22.7 Å². The van der Waals surface area contributed by atoms with E-state index in [9.17, 15) is 22.8 Å². The minimum absolute atomic E-state index is 0.118. The van der Waals surface area contributed by atoms with Crippen molar-refractivity contribution in [3.8, 4) is 45.6 Å². The SMILES string of the molecule is N#Cc1ccccc1-c1ccc2c(c1)nc(-c1ccc(-c3c(F)c(F)c(C#N)c(F)c3F)cc1)c1ccc3nsnc3c12. The number of nitrogens with zero attached hydrogens (tertiary/aromatic N) is 5. The minimum Gasteiger partial charge on any atom is -0.247 e. The summed E-state index contributed by atoms with van der Waals surface area (Å²) in [5.41, 5.74) is 2.82. The molecular formula is C33H13F4N5S. The third kappa shape index (κ3) is 4.00. The molecule has 2 aromatic heterocycles. The quantitative estimate of drug-likeness (QED) is 0.117. The molecule has 0 aliphatic heterocycles. The van der Waals surface area contributed by atoms with Gasteiger partial charge in [0.2, 0.25) is 0 Å². The summed E-state index contributed by atoms with van der Waals surface area (Å²) in [6.45, 7) is 0. The average Bonchev–Trinajstić information content (AvgIpc) is 3.53. The van der Waals surface area contributed by atoms with E-state index in [0.29, 0.717) is 33.4 Å². The normalized spacial score (nSPS) is 11.2. The number of nitriles is 2. The van der Waals surface area contributed by atoms with Gasteiger partial charge in [-0.25, -0.2) is 22.5 Å². The fraction of sp³-hybridized carbons (Fsp3) is 0. The number of hydrogen-bond acceptors (Lipinski definition) is 6. The molecule has 10 heteroatoms. The number of pyridine rings is 1. The number of rotatable bonds is 3. The smallest absolute Gasteiger partial charge is 0.180 e. The van der Waals surface area contributed by atoms with Gasteiger partial charge in [0.05, 0.1) is 40.1 Å². The lowest BCUT2D eigenvalue weighted by Crippen LogP contribution is -2.03. The predicted molar refractivity (Wildman–Crippen MR) is 156 cm³/mol. The first-order valence-electron chi connectivity index (χ1n) is 12.8. The Hall–Kier alpha value is -5.71. The number of halogens is 4. The van der Waals surface area contributed by atoms with Crippen LogP contribution < -0.4 is 0 Å². The summed E-state index contributed by atoms with van der Waals surface area (Å²) >= 11 is 1.08. The van der Waals surface area contributed by atoms with Crippen molar-refractivity contribution in [1.82, 2.24) is 13.7 Å². The van der Waals surface area contributed by atoms with Crippen LogP contribution in [0.3, 0.4) is 0 Å². The Morgan fingerprint density at radius 2 is 1.30 bits per heavy atom. The van der Waals surface area contributed by atoms with E-state index in [2.05, 4.69) is 14.8 Å². The van der Waals surface area contributed by atoms with Gasteiger partial charge in [0.25, 0.3) is 0 Å². The zero-order valence-corrected chi connectivity index (χ0v) is 22.5. The summed E-state index contributed by atoms with van der Waals surface area (Å²) in [6.07, 6.45) is 0. The molecule has 5 aromatic carbocycles. The minimum atomic E-state index is -1.75. The lowest BCUT2D eigenvalue weighted by molar-refractivity contribution is 0.454. The van der Waals surface area contributed by atoms with E-state index in [0.717, 1.165) is 45.1 Å². The van der Waals surface area contributed by atoms with E-state index >= 15 is 0 Å². The second kappa shape index (κ2) is 9.98. The van der Waals surface area contributed by atoms with Gasteiger partial charge >= 0.3 is 0 Å². The highest BCUT2D eigenvalue weighted by molar-refractivity contribution is 7.00. The zero-order valence-electron chi connectivity index (χ0n) is 21.7. The highest BCUT2D eigenvalue weighted by atomic mass is 32.1. The van der Waals surface area contributed by atoms with Gasteiger partial charge in [-0.1, -0.05) is 54.6 Å². The van der Waals surface area contributed by atoms with Crippen LogP contribution in [0.1, 0.15) is 11.1 Å². The fourth-order valence-corrected chi connectivity index (χ4v) is 5.88. The van der Waals surface area contributed by atoms with E-state index in [-0.39, 0.29) is 5.56 Å². The summed E-state index contributed by atoms with van der Waals surface area (Å²) in [4.78, 5) is 4.96. The maximum absolute atomic E-state index is 14.8. The van der Waals surface area contributed by atoms with Crippen LogP contribution in [0.5, 0.6) is 0 Å². The van der Waals surface area contributed by atoms with E-state index < -0.39 is 34.4 Å². The van der Waals surface area contributed by atoms with E-state index in [1.54, 1.807) is 24.3 Å². The van der Waals surface area contributed by atoms with Crippen LogP contribution in [-0.2, 0) is 0 Å². The molecule has 7 rings (SSSR count). The topological polar surface area (TPSA) is 86.2 Å². The van der Waals surface area contributed by atoms with Crippen LogP contribution in [0.25, 0.3) is 66.2 Å².